The Labute approximate surface area is 133 Å². The van der Waals surface area contributed by atoms with Gasteiger partial charge in [0.05, 0.1) is 0 Å². The number of likely N-dealkylation sites (N-methyl/N-ethyl adjacent to an activating group) is 1. The summed E-state index contributed by atoms with van der Waals surface area (Å²) in [5, 5.41) is 3.05. The number of aryl methyl sites for hydroxylation is 1. The quantitative estimate of drug-likeness (QED) is 0.797. The highest BCUT2D eigenvalue weighted by Gasteiger charge is 2.21. The van der Waals surface area contributed by atoms with Gasteiger partial charge in [0.1, 0.15) is 6.04 Å². The highest BCUT2D eigenvalue weighted by atomic mass is 16.2. The molecule has 0 aliphatic rings. The summed E-state index contributed by atoms with van der Waals surface area (Å²) < 4.78 is 0. The molecule has 1 unspecified atom stereocenters. The highest BCUT2D eigenvalue weighted by molar-refractivity contribution is 5.83. The Hall–Kier alpha value is -2.13. The second-order valence-corrected chi connectivity index (χ2v) is 5.66. The first-order valence-corrected chi connectivity index (χ1v) is 7.71. The zero-order valence-corrected chi connectivity index (χ0v) is 13.3. The van der Waals surface area contributed by atoms with Gasteiger partial charge in [-0.2, -0.15) is 0 Å². The Morgan fingerprint density at radius 3 is 2.18 bits per heavy atom. The summed E-state index contributed by atoms with van der Waals surface area (Å²) in [7, 11) is 3.86. The van der Waals surface area contributed by atoms with Crippen LogP contribution in [0.1, 0.15) is 23.6 Å². The predicted molar refractivity (Wildman–Crippen MR) is 90.6 cm³/mol. The molecule has 22 heavy (non-hydrogen) atoms. The van der Waals surface area contributed by atoms with Gasteiger partial charge in [-0.1, -0.05) is 60.7 Å². The largest absolute Gasteiger partial charge is 0.354 e. The molecule has 1 N–H and O–H groups in total. The first-order chi connectivity index (χ1) is 10.7. The molecule has 0 aromatic heterocycles. The van der Waals surface area contributed by atoms with Gasteiger partial charge < -0.3 is 5.32 Å². The lowest BCUT2D eigenvalue weighted by atomic mass is 10.1. The molecule has 0 aliphatic heterocycles. The molecule has 1 atom stereocenters. The Balaban J connectivity index is 1.84. The van der Waals surface area contributed by atoms with E-state index in [1.165, 1.54) is 5.56 Å². The lowest BCUT2D eigenvalue weighted by molar-refractivity contribution is -0.125. The van der Waals surface area contributed by atoms with Crippen LogP contribution in [0.4, 0.5) is 0 Å². The minimum atomic E-state index is -0.238. The molecule has 0 bridgehead atoms. The van der Waals surface area contributed by atoms with Crippen molar-refractivity contribution in [1.29, 1.82) is 0 Å². The number of carbonyl (C=O) groups excluding carboxylic acids is 1. The van der Waals surface area contributed by atoms with Crippen molar-refractivity contribution < 1.29 is 4.79 Å². The van der Waals surface area contributed by atoms with E-state index in [1.807, 2.05) is 67.5 Å². The zero-order valence-electron chi connectivity index (χ0n) is 13.3. The van der Waals surface area contributed by atoms with Gasteiger partial charge in [-0.15, -0.1) is 0 Å². The lowest BCUT2D eigenvalue weighted by Crippen LogP contribution is -2.37. The maximum absolute atomic E-state index is 12.4. The summed E-state index contributed by atoms with van der Waals surface area (Å²) in [6, 6.07) is 20.0. The van der Waals surface area contributed by atoms with Gasteiger partial charge >= 0.3 is 0 Å². The van der Waals surface area contributed by atoms with Crippen molar-refractivity contribution in [3.63, 3.8) is 0 Å². The molecule has 0 aliphatic carbocycles. The smallest absolute Gasteiger partial charge is 0.241 e. The van der Waals surface area contributed by atoms with E-state index in [0.29, 0.717) is 6.54 Å². The van der Waals surface area contributed by atoms with Crippen LogP contribution in [-0.2, 0) is 11.2 Å². The number of carbonyl (C=O) groups is 1. The van der Waals surface area contributed by atoms with Crippen LogP contribution in [0, 0.1) is 0 Å². The second-order valence-electron chi connectivity index (χ2n) is 5.66. The van der Waals surface area contributed by atoms with Gasteiger partial charge in [-0.05, 0) is 38.1 Å². The van der Waals surface area contributed by atoms with Gasteiger partial charge in [0.15, 0.2) is 0 Å². The van der Waals surface area contributed by atoms with Crippen molar-refractivity contribution in [3.8, 4) is 0 Å². The Bertz CT molecular complexity index is 567. The molecule has 2 aromatic carbocycles. The summed E-state index contributed by atoms with van der Waals surface area (Å²) in [6.07, 6.45) is 1.93. The van der Waals surface area contributed by atoms with Crippen LogP contribution < -0.4 is 5.32 Å². The van der Waals surface area contributed by atoms with Gasteiger partial charge in [0.25, 0.3) is 0 Å². The molecule has 1 amide bonds. The van der Waals surface area contributed by atoms with Crippen molar-refractivity contribution in [2.75, 3.05) is 20.6 Å². The third-order valence-electron chi connectivity index (χ3n) is 3.66. The van der Waals surface area contributed by atoms with Crippen molar-refractivity contribution in [2.45, 2.75) is 18.9 Å². The molecule has 3 nitrogen and oxygen atoms in total. The van der Waals surface area contributed by atoms with Crippen molar-refractivity contribution in [3.05, 3.63) is 71.8 Å². The molecule has 0 fully saturated rings. The number of benzene rings is 2. The molecule has 0 saturated heterocycles. The van der Waals surface area contributed by atoms with E-state index < -0.39 is 0 Å². The maximum Gasteiger partial charge on any atom is 0.241 e. The van der Waals surface area contributed by atoms with Crippen LogP contribution in [-0.4, -0.2) is 31.4 Å². The molecule has 2 rings (SSSR count). The maximum atomic E-state index is 12.4. The predicted octanol–water partition coefficient (Wildman–Crippen LogP) is 3.04. The number of hydrogen-bond acceptors (Lipinski definition) is 2. The average Bonchev–Trinajstić information content (AvgIpc) is 2.53. The molecule has 0 radical (unpaired) electrons. The first-order valence-electron chi connectivity index (χ1n) is 7.71. The minimum absolute atomic E-state index is 0.0595. The molecule has 2 aromatic rings. The Morgan fingerprint density at radius 1 is 1.00 bits per heavy atom. The van der Waals surface area contributed by atoms with E-state index >= 15 is 0 Å². The summed E-state index contributed by atoms with van der Waals surface area (Å²) >= 11 is 0. The molecular weight excluding hydrogens is 272 g/mol. The third kappa shape index (κ3) is 4.71. The fourth-order valence-electron chi connectivity index (χ4n) is 2.56. The number of hydrogen-bond donors (Lipinski definition) is 1. The summed E-state index contributed by atoms with van der Waals surface area (Å²) in [6.45, 7) is 0.699. The molecule has 116 valence electrons. The molecule has 3 heteroatoms. The van der Waals surface area contributed by atoms with Crippen LogP contribution in [0.25, 0.3) is 0 Å². The van der Waals surface area contributed by atoms with Crippen LogP contribution in [0.15, 0.2) is 60.7 Å². The van der Waals surface area contributed by atoms with E-state index in [0.717, 1.165) is 18.4 Å². The van der Waals surface area contributed by atoms with E-state index in [9.17, 15) is 4.79 Å². The fraction of sp³-hybridized carbons (Fsp3) is 0.316. The van der Waals surface area contributed by atoms with Gasteiger partial charge in [0.2, 0.25) is 5.91 Å². The number of nitrogens with one attached hydrogen (secondary N) is 1. The molecule has 0 heterocycles. The van der Waals surface area contributed by atoms with Crippen molar-refractivity contribution in [2.24, 2.45) is 0 Å². The Kier molecular flexibility index (Phi) is 6.16. The van der Waals surface area contributed by atoms with Crippen molar-refractivity contribution >= 4 is 5.91 Å². The van der Waals surface area contributed by atoms with Crippen LogP contribution in [0.2, 0.25) is 0 Å². The number of nitrogens with zero attached hydrogens (tertiary/aromatic N) is 1. The monoisotopic (exact) mass is 296 g/mol. The summed E-state index contributed by atoms with van der Waals surface area (Å²) in [5.74, 6) is 0.0595. The SMILES string of the molecule is CN(C)C(C(=O)NCCCc1ccccc1)c1ccccc1. The molecule has 0 spiro atoms. The fourth-order valence-corrected chi connectivity index (χ4v) is 2.56. The average molecular weight is 296 g/mol. The number of rotatable bonds is 7. The zero-order chi connectivity index (χ0) is 15.8. The molecule has 0 saturated carbocycles. The van der Waals surface area contributed by atoms with Gasteiger partial charge in [-0.25, -0.2) is 0 Å². The van der Waals surface area contributed by atoms with Crippen LogP contribution >= 0.6 is 0 Å². The Morgan fingerprint density at radius 2 is 1.59 bits per heavy atom. The van der Waals surface area contributed by atoms with E-state index in [2.05, 4.69) is 17.4 Å². The second kappa shape index (κ2) is 8.35. The summed E-state index contributed by atoms with van der Waals surface area (Å²) in [5.41, 5.74) is 2.33. The van der Waals surface area contributed by atoms with Gasteiger partial charge in [0, 0.05) is 6.54 Å². The van der Waals surface area contributed by atoms with E-state index in [4.69, 9.17) is 0 Å². The highest BCUT2D eigenvalue weighted by Crippen LogP contribution is 2.17. The third-order valence-corrected chi connectivity index (χ3v) is 3.66. The minimum Gasteiger partial charge on any atom is -0.354 e. The lowest BCUT2D eigenvalue weighted by Gasteiger charge is -2.23. The normalized spacial score (nSPS) is 12.1. The van der Waals surface area contributed by atoms with E-state index in [1.54, 1.807) is 0 Å². The standard InChI is InChI=1S/C19H24N2O/c1-21(2)18(17-13-7-4-8-14-17)19(22)20-15-9-12-16-10-5-3-6-11-16/h3-8,10-11,13-14,18H,9,12,15H2,1-2H3,(H,20,22). The molecular formula is C19H24N2O. The number of amides is 1. The van der Waals surface area contributed by atoms with Crippen LogP contribution in [0.5, 0.6) is 0 Å². The van der Waals surface area contributed by atoms with Gasteiger partial charge in [-0.3, -0.25) is 9.69 Å². The van der Waals surface area contributed by atoms with Crippen molar-refractivity contribution in [1.82, 2.24) is 10.2 Å². The first kappa shape index (κ1) is 16.2. The summed E-state index contributed by atoms with van der Waals surface area (Å²) in [4.78, 5) is 14.4. The van der Waals surface area contributed by atoms with Crippen LogP contribution in [0.3, 0.4) is 0 Å². The topological polar surface area (TPSA) is 32.3 Å². The van der Waals surface area contributed by atoms with E-state index in [-0.39, 0.29) is 11.9 Å².